The van der Waals surface area contributed by atoms with Gasteiger partial charge in [-0.3, -0.25) is 4.98 Å². The van der Waals surface area contributed by atoms with Crippen LogP contribution < -0.4 is 20.1 Å². The van der Waals surface area contributed by atoms with Crippen molar-refractivity contribution in [2.75, 3.05) is 14.2 Å². The van der Waals surface area contributed by atoms with Crippen molar-refractivity contribution >= 4 is 26.4 Å². The van der Waals surface area contributed by atoms with E-state index in [-0.39, 0.29) is 11.5 Å². The van der Waals surface area contributed by atoms with Crippen molar-refractivity contribution < 1.29 is 18.6 Å². The van der Waals surface area contributed by atoms with Gasteiger partial charge in [-0.1, -0.05) is 106 Å². The van der Waals surface area contributed by atoms with Gasteiger partial charge in [-0.25, -0.2) is 0 Å². The monoisotopic (exact) mass is 733 g/mol. The Morgan fingerprint density at radius 2 is 1.25 bits per heavy atom. The van der Waals surface area contributed by atoms with E-state index < -0.39 is 14.6 Å². The molecule has 0 saturated carbocycles. The second kappa shape index (κ2) is 17.8. The molecule has 7 nitrogen and oxygen atoms in total. The van der Waals surface area contributed by atoms with Gasteiger partial charge in [0.25, 0.3) is 0 Å². The number of rotatable bonds is 15. The Labute approximate surface area is 316 Å². The molecule has 0 amide bonds. The quantitative estimate of drug-likeness (QED) is 0.0629. The molecule has 272 valence electrons. The Morgan fingerprint density at radius 1 is 0.692 bits per heavy atom. The minimum Gasteiger partial charge on any atom is -0.497 e. The van der Waals surface area contributed by atoms with Gasteiger partial charge in [0, 0.05) is 6.54 Å². The average molecular weight is 734 g/mol. The summed E-state index contributed by atoms with van der Waals surface area (Å²) in [7, 11) is 2.09. The van der Waals surface area contributed by atoms with Crippen LogP contribution in [0.15, 0.2) is 121 Å². The fraction of sp³-hybridized carbons (Fsp3) is 0.302. The van der Waals surface area contributed by atoms with Crippen LogP contribution in [0.25, 0.3) is 0 Å². The summed E-state index contributed by atoms with van der Waals surface area (Å²) in [6, 6.07) is 41.0. The van der Waals surface area contributed by atoms with Gasteiger partial charge in [-0.2, -0.15) is 0 Å². The van der Waals surface area contributed by atoms with Crippen LogP contribution in [0, 0.1) is 5.41 Å². The molecule has 2 N–H and O–H groups in total. The largest absolute Gasteiger partial charge is 0.497 e. The van der Waals surface area contributed by atoms with E-state index >= 15 is 0 Å². The fourth-order valence-corrected chi connectivity index (χ4v) is 7.48. The first-order chi connectivity index (χ1) is 25.0. The molecular formula is C43H51N3O4SSi. The molecule has 5 aromatic rings. The van der Waals surface area contributed by atoms with Gasteiger partial charge < -0.3 is 29.3 Å². The minimum absolute atomic E-state index is 0.0503. The molecule has 0 fully saturated rings. The SMILES string of the molecule is COc1ccc(C(OCc2cccc(CNC(=S)NCc3cccc(C(O[SiH](C)C)C(C)(C)C)n3)c2)(c2ccccc2)c2ccc(OC)cc2)cc1. The smallest absolute Gasteiger partial charge is 0.171 e. The predicted molar refractivity (Wildman–Crippen MR) is 216 cm³/mol. The summed E-state index contributed by atoms with van der Waals surface area (Å²) in [4.78, 5) is 4.94. The number of pyridine rings is 1. The first kappa shape index (κ1) is 38.7. The van der Waals surface area contributed by atoms with Crippen LogP contribution >= 0.6 is 12.2 Å². The Balaban J connectivity index is 1.30. The van der Waals surface area contributed by atoms with Crippen molar-refractivity contribution in [3.05, 3.63) is 161 Å². The van der Waals surface area contributed by atoms with Crippen molar-refractivity contribution in [2.45, 2.75) is 65.3 Å². The summed E-state index contributed by atoms with van der Waals surface area (Å²) in [5.41, 5.74) is 6.05. The minimum atomic E-state index is -1.26. The van der Waals surface area contributed by atoms with Crippen LogP contribution in [0.2, 0.25) is 13.1 Å². The van der Waals surface area contributed by atoms with E-state index in [0.29, 0.717) is 24.8 Å². The molecule has 4 aromatic carbocycles. The second-order valence-electron chi connectivity index (χ2n) is 14.1. The molecule has 9 heteroatoms. The zero-order chi connectivity index (χ0) is 37.1. The van der Waals surface area contributed by atoms with Crippen molar-refractivity contribution in [3.8, 4) is 11.5 Å². The van der Waals surface area contributed by atoms with Gasteiger partial charge in [0.15, 0.2) is 14.2 Å². The van der Waals surface area contributed by atoms with Gasteiger partial charge in [0.1, 0.15) is 17.1 Å². The van der Waals surface area contributed by atoms with Gasteiger partial charge in [-0.05, 0) is 94.9 Å². The fourth-order valence-electron chi connectivity index (χ4n) is 6.24. The molecule has 1 unspecified atom stereocenters. The molecular weight excluding hydrogens is 683 g/mol. The van der Waals surface area contributed by atoms with Crippen molar-refractivity contribution in [1.82, 2.24) is 15.6 Å². The topological polar surface area (TPSA) is 73.9 Å². The Kier molecular flexibility index (Phi) is 13.2. The van der Waals surface area contributed by atoms with Crippen LogP contribution in [0.4, 0.5) is 0 Å². The number of hydrogen-bond acceptors (Lipinski definition) is 6. The molecule has 52 heavy (non-hydrogen) atoms. The Bertz CT molecular complexity index is 1830. The lowest BCUT2D eigenvalue weighted by atomic mass is 9.80. The number of benzene rings is 4. The Hall–Kier alpha value is -4.54. The molecule has 5 rings (SSSR count). The molecule has 0 spiro atoms. The maximum absolute atomic E-state index is 7.10. The number of aromatic nitrogens is 1. The highest BCUT2D eigenvalue weighted by molar-refractivity contribution is 7.80. The van der Waals surface area contributed by atoms with Crippen LogP contribution in [0.1, 0.15) is 66.1 Å². The predicted octanol–water partition coefficient (Wildman–Crippen LogP) is 8.86. The number of hydrogen-bond donors (Lipinski definition) is 2. The normalized spacial score (nSPS) is 12.3. The summed E-state index contributed by atoms with van der Waals surface area (Å²) < 4.78 is 24.5. The zero-order valence-corrected chi connectivity index (χ0v) is 33.3. The van der Waals surface area contributed by atoms with E-state index in [1.807, 2.05) is 54.6 Å². The molecule has 1 aromatic heterocycles. The highest BCUT2D eigenvalue weighted by Gasteiger charge is 2.38. The van der Waals surface area contributed by atoms with Crippen LogP contribution in [0.5, 0.6) is 11.5 Å². The molecule has 0 aliphatic carbocycles. The van der Waals surface area contributed by atoms with E-state index in [1.54, 1.807) is 14.2 Å². The lowest BCUT2D eigenvalue weighted by molar-refractivity contribution is 0.000167. The highest BCUT2D eigenvalue weighted by atomic mass is 32.1. The zero-order valence-electron chi connectivity index (χ0n) is 31.3. The maximum atomic E-state index is 7.10. The number of thiocarbonyl (C=S) groups is 1. The molecule has 0 bridgehead atoms. The number of nitrogens with one attached hydrogen (secondary N) is 2. The number of methoxy groups -OCH3 is 2. The van der Waals surface area contributed by atoms with E-state index in [0.717, 1.165) is 50.7 Å². The summed E-state index contributed by atoms with van der Waals surface area (Å²) in [6.45, 7) is 12.4. The highest BCUT2D eigenvalue weighted by Crippen LogP contribution is 2.42. The number of nitrogens with zero attached hydrogens (tertiary/aromatic N) is 1. The third-order valence-electron chi connectivity index (χ3n) is 8.80. The van der Waals surface area contributed by atoms with Gasteiger partial charge >= 0.3 is 0 Å². The Morgan fingerprint density at radius 3 is 1.83 bits per heavy atom. The van der Waals surface area contributed by atoms with Crippen LogP contribution in [-0.4, -0.2) is 33.4 Å². The van der Waals surface area contributed by atoms with Crippen molar-refractivity contribution in [1.29, 1.82) is 0 Å². The van der Waals surface area contributed by atoms with E-state index in [2.05, 4.69) is 111 Å². The van der Waals surface area contributed by atoms with Crippen molar-refractivity contribution in [2.24, 2.45) is 5.41 Å². The maximum Gasteiger partial charge on any atom is 0.171 e. The van der Waals surface area contributed by atoms with Gasteiger partial charge in [0.05, 0.1) is 44.9 Å². The van der Waals surface area contributed by atoms with Gasteiger partial charge in [-0.15, -0.1) is 0 Å². The second-order valence-corrected chi connectivity index (χ2v) is 16.9. The molecule has 1 atom stereocenters. The number of ether oxygens (including phenoxy) is 3. The van der Waals surface area contributed by atoms with Crippen molar-refractivity contribution in [3.63, 3.8) is 0 Å². The summed E-state index contributed by atoms with van der Waals surface area (Å²) in [5.74, 6) is 1.56. The average Bonchev–Trinajstić information content (AvgIpc) is 3.16. The van der Waals surface area contributed by atoms with E-state index in [9.17, 15) is 0 Å². The van der Waals surface area contributed by atoms with Crippen LogP contribution in [-0.2, 0) is 34.5 Å². The molecule has 0 aliphatic rings. The summed E-state index contributed by atoms with van der Waals surface area (Å²) in [5, 5.41) is 7.26. The van der Waals surface area contributed by atoms with E-state index in [1.165, 1.54) is 0 Å². The standard InChI is InChI=1S/C43H51N3O4SSi/c1-42(2,3)40(50-52(6)7)39-18-12-17-36(46-39)29-45-41(51)44-28-31-13-11-14-32(27-31)30-49-43(33-15-9-8-10-16-33,34-19-23-37(47-4)24-20-34)35-21-25-38(48-5)26-22-35/h8-27,40,52H,28-30H2,1-7H3,(H2,44,45,51). The lowest BCUT2D eigenvalue weighted by Gasteiger charge is -2.36. The molecule has 1 heterocycles. The third-order valence-corrected chi connectivity index (χ3v) is 9.90. The third kappa shape index (κ3) is 9.86. The summed E-state index contributed by atoms with van der Waals surface area (Å²) >= 11 is 5.67. The first-order valence-corrected chi connectivity index (χ1v) is 20.9. The molecule has 0 radical (unpaired) electrons. The first-order valence-electron chi connectivity index (χ1n) is 17.7. The summed E-state index contributed by atoms with van der Waals surface area (Å²) in [6.07, 6.45) is -0.0503. The molecule has 0 aliphatic heterocycles. The lowest BCUT2D eigenvalue weighted by Crippen LogP contribution is -2.34. The molecule has 0 saturated heterocycles. The van der Waals surface area contributed by atoms with Gasteiger partial charge in [0.2, 0.25) is 0 Å². The van der Waals surface area contributed by atoms with Crippen LogP contribution in [0.3, 0.4) is 0 Å². The van der Waals surface area contributed by atoms with E-state index in [4.69, 9.17) is 35.8 Å².